The molecule has 0 radical (unpaired) electrons. The first-order valence-corrected chi connectivity index (χ1v) is 5.13. The van der Waals surface area contributed by atoms with Gasteiger partial charge in [-0.1, -0.05) is 15.9 Å². The van der Waals surface area contributed by atoms with Gasteiger partial charge in [0.2, 0.25) is 0 Å². The molecule has 2 heterocycles. The van der Waals surface area contributed by atoms with Crippen LogP contribution in [0.25, 0.3) is 0 Å². The van der Waals surface area contributed by atoms with Crippen LogP contribution in [0.4, 0.5) is 0 Å². The summed E-state index contributed by atoms with van der Waals surface area (Å²) in [4.78, 5) is 8.66. The second-order valence-corrected chi connectivity index (χ2v) is 4.32. The molecule has 0 aliphatic carbocycles. The van der Waals surface area contributed by atoms with Crippen molar-refractivity contribution in [2.24, 2.45) is 4.99 Å². The molecule has 1 aliphatic rings. The normalized spacial score (nSPS) is 14.4. The first kappa shape index (κ1) is 8.38. The minimum atomic E-state index is 0.752. The highest BCUT2D eigenvalue weighted by atomic mass is 79.9. The molecule has 12 heavy (non-hydrogen) atoms. The van der Waals surface area contributed by atoms with Crippen LogP contribution >= 0.6 is 31.9 Å². The van der Waals surface area contributed by atoms with Crippen LogP contribution in [0.15, 0.2) is 20.1 Å². The van der Waals surface area contributed by atoms with Gasteiger partial charge in [0.25, 0.3) is 0 Å². The van der Waals surface area contributed by atoms with Crippen molar-refractivity contribution < 1.29 is 0 Å². The molecule has 1 aromatic rings. The standard InChI is InChI=1S/C8H6Br2N2/c1-4-8-5(3-11-4)6(9)2-7(10)12-8/h2H,3H2,1H3. The summed E-state index contributed by atoms with van der Waals surface area (Å²) in [5, 5.41) is 0. The molecule has 0 atom stereocenters. The van der Waals surface area contributed by atoms with E-state index in [0.29, 0.717) is 0 Å². The maximum absolute atomic E-state index is 4.35. The minimum Gasteiger partial charge on any atom is -0.283 e. The van der Waals surface area contributed by atoms with Gasteiger partial charge in [-0.25, -0.2) is 4.98 Å². The van der Waals surface area contributed by atoms with Gasteiger partial charge in [0, 0.05) is 10.0 Å². The maximum atomic E-state index is 4.35. The minimum absolute atomic E-state index is 0.752. The number of pyridine rings is 1. The van der Waals surface area contributed by atoms with Crippen molar-refractivity contribution >= 4 is 37.6 Å². The molecule has 0 fully saturated rings. The van der Waals surface area contributed by atoms with Crippen LogP contribution in [0.1, 0.15) is 18.2 Å². The second-order valence-electron chi connectivity index (χ2n) is 2.66. The Morgan fingerprint density at radius 2 is 2.17 bits per heavy atom. The van der Waals surface area contributed by atoms with Crippen LogP contribution in [0.2, 0.25) is 0 Å². The molecule has 0 spiro atoms. The van der Waals surface area contributed by atoms with Crippen LogP contribution in [0.3, 0.4) is 0 Å². The van der Waals surface area contributed by atoms with E-state index < -0.39 is 0 Å². The molecule has 1 aliphatic heterocycles. The molecular formula is C8H6Br2N2. The zero-order valence-electron chi connectivity index (χ0n) is 6.43. The molecule has 62 valence electrons. The molecule has 4 heteroatoms. The summed E-state index contributed by atoms with van der Waals surface area (Å²) < 4.78 is 1.93. The zero-order valence-corrected chi connectivity index (χ0v) is 9.61. The molecule has 0 amide bonds. The van der Waals surface area contributed by atoms with E-state index in [1.807, 2.05) is 13.0 Å². The fraction of sp³-hybridized carbons (Fsp3) is 0.250. The summed E-state index contributed by atoms with van der Waals surface area (Å²) in [7, 11) is 0. The van der Waals surface area contributed by atoms with Crippen molar-refractivity contribution in [2.45, 2.75) is 13.5 Å². The molecule has 0 saturated heterocycles. The van der Waals surface area contributed by atoms with E-state index in [4.69, 9.17) is 0 Å². The Balaban J connectivity index is 2.67. The predicted octanol–water partition coefficient (Wildman–Crippen LogP) is 2.93. The SMILES string of the molecule is CC1=NCc2c(Br)cc(Br)nc21. The number of halogens is 2. The predicted molar refractivity (Wildman–Crippen MR) is 55.6 cm³/mol. The summed E-state index contributed by atoms with van der Waals surface area (Å²) >= 11 is 6.83. The van der Waals surface area contributed by atoms with Crippen molar-refractivity contribution in [3.8, 4) is 0 Å². The van der Waals surface area contributed by atoms with Crippen molar-refractivity contribution in [3.63, 3.8) is 0 Å². The van der Waals surface area contributed by atoms with E-state index in [-0.39, 0.29) is 0 Å². The van der Waals surface area contributed by atoms with Crippen LogP contribution in [0.5, 0.6) is 0 Å². The highest BCUT2D eigenvalue weighted by Crippen LogP contribution is 2.27. The van der Waals surface area contributed by atoms with E-state index in [1.54, 1.807) is 0 Å². The summed E-state index contributed by atoms with van der Waals surface area (Å²) in [5.74, 6) is 0. The lowest BCUT2D eigenvalue weighted by atomic mass is 10.2. The number of nitrogens with zero attached hydrogens (tertiary/aromatic N) is 2. The molecule has 0 unspecified atom stereocenters. The van der Waals surface area contributed by atoms with Gasteiger partial charge in [-0.2, -0.15) is 0 Å². The zero-order chi connectivity index (χ0) is 8.72. The molecule has 2 nitrogen and oxygen atoms in total. The highest BCUT2D eigenvalue weighted by Gasteiger charge is 2.17. The van der Waals surface area contributed by atoms with Gasteiger partial charge in [0.1, 0.15) is 4.60 Å². The van der Waals surface area contributed by atoms with Gasteiger partial charge in [-0.15, -0.1) is 0 Å². The van der Waals surface area contributed by atoms with Gasteiger partial charge in [-0.3, -0.25) is 4.99 Å². The van der Waals surface area contributed by atoms with Gasteiger partial charge in [0.05, 0.1) is 18.0 Å². The van der Waals surface area contributed by atoms with E-state index in [1.165, 1.54) is 5.56 Å². The average molecular weight is 290 g/mol. The molecule has 1 aromatic heterocycles. The van der Waals surface area contributed by atoms with Crippen LogP contribution in [-0.2, 0) is 6.54 Å². The Labute approximate surface area is 87.4 Å². The molecule has 0 saturated carbocycles. The number of fused-ring (bicyclic) bond motifs is 1. The van der Waals surface area contributed by atoms with Crippen molar-refractivity contribution in [3.05, 3.63) is 26.4 Å². The second kappa shape index (κ2) is 2.92. The van der Waals surface area contributed by atoms with E-state index in [0.717, 1.165) is 27.0 Å². The fourth-order valence-corrected chi connectivity index (χ4v) is 2.48. The first-order valence-electron chi connectivity index (χ1n) is 3.55. The highest BCUT2D eigenvalue weighted by molar-refractivity contribution is 9.11. The Kier molecular flexibility index (Phi) is 2.04. The molecule has 0 bridgehead atoms. The number of aliphatic imine (C=N–C) groups is 1. The summed E-state index contributed by atoms with van der Waals surface area (Å²) in [6.45, 7) is 2.74. The summed E-state index contributed by atoms with van der Waals surface area (Å²) in [6, 6.07) is 1.95. The lowest BCUT2D eigenvalue weighted by molar-refractivity contribution is 1.07. The lowest BCUT2D eigenvalue weighted by Crippen LogP contribution is -1.97. The van der Waals surface area contributed by atoms with Crippen LogP contribution in [-0.4, -0.2) is 10.7 Å². The number of aromatic nitrogens is 1. The van der Waals surface area contributed by atoms with Crippen molar-refractivity contribution in [2.75, 3.05) is 0 Å². The third-order valence-electron chi connectivity index (χ3n) is 1.86. The average Bonchev–Trinajstić information content (AvgIpc) is 2.33. The molecule has 0 aromatic carbocycles. The fourth-order valence-electron chi connectivity index (χ4n) is 1.23. The van der Waals surface area contributed by atoms with E-state index >= 15 is 0 Å². The number of rotatable bonds is 0. The van der Waals surface area contributed by atoms with Crippen molar-refractivity contribution in [1.82, 2.24) is 4.98 Å². The summed E-state index contributed by atoms with van der Waals surface area (Å²) in [6.07, 6.45) is 0. The smallest absolute Gasteiger partial charge is 0.108 e. The Morgan fingerprint density at radius 1 is 1.42 bits per heavy atom. The van der Waals surface area contributed by atoms with Gasteiger partial charge >= 0.3 is 0 Å². The summed E-state index contributed by atoms with van der Waals surface area (Å²) in [5.41, 5.74) is 3.22. The third kappa shape index (κ3) is 1.23. The largest absolute Gasteiger partial charge is 0.283 e. The monoisotopic (exact) mass is 288 g/mol. The van der Waals surface area contributed by atoms with Crippen LogP contribution in [0, 0.1) is 0 Å². The van der Waals surface area contributed by atoms with Crippen molar-refractivity contribution in [1.29, 1.82) is 0 Å². The topological polar surface area (TPSA) is 25.2 Å². The molecule has 2 rings (SSSR count). The maximum Gasteiger partial charge on any atom is 0.108 e. The number of hydrogen-bond donors (Lipinski definition) is 0. The number of hydrogen-bond acceptors (Lipinski definition) is 2. The quantitative estimate of drug-likeness (QED) is 0.674. The Morgan fingerprint density at radius 3 is 2.92 bits per heavy atom. The molecular weight excluding hydrogens is 284 g/mol. The van der Waals surface area contributed by atoms with E-state index in [9.17, 15) is 0 Å². The lowest BCUT2D eigenvalue weighted by Gasteiger charge is -2.01. The Hall–Kier alpha value is -0.220. The van der Waals surface area contributed by atoms with Gasteiger partial charge in [-0.05, 0) is 28.9 Å². The Bertz CT molecular complexity index is 372. The van der Waals surface area contributed by atoms with Gasteiger partial charge in [0.15, 0.2) is 0 Å². The first-order chi connectivity index (χ1) is 5.68. The molecule has 0 N–H and O–H groups in total. The van der Waals surface area contributed by atoms with E-state index in [2.05, 4.69) is 41.8 Å². The van der Waals surface area contributed by atoms with Crippen LogP contribution < -0.4 is 0 Å². The van der Waals surface area contributed by atoms with Gasteiger partial charge < -0.3 is 0 Å². The third-order valence-corrected chi connectivity index (χ3v) is 2.97.